The Bertz CT molecular complexity index is 828. The first-order valence-corrected chi connectivity index (χ1v) is 12.4. The molecular weight excluding hydrogens is 400 g/mol. The summed E-state index contributed by atoms with van der Waals surface area (Å²) in [7, 11) is 0. The van der Waals surface area contributed by atoms with Gasteiger partial charge in [0.25, 0.3) is 0 Å². The number of fused-ring (bicyclic) bond motifs is 1. The van der Waals surface area contributed by atoms with E-state index in [0.717, 1.165) is 49.4 Å². The number of ether oxygens (including phenoxy) is 3. The summed E-state index contributed by atoms with van der Waals surface area (Å²) < 4.78 is 17.5. The lowest BCUT2D eigenvalue weighted by Crippen LogP contribution is -2.23. The largest absolute Gasteiger partial charge is 0.494 e. The van der Waals surface area contributed by atoms with Gasteiger partial charge in [-0.3, -0.25) is 0 Å². The molecule has 0 radical (unpaired) electrons. The number of benzene rings is 2. The molecule has 4 heteroatoms. The molecule has 1 aliphatic rings. The summed E-state index contributed by atoms with van der Waals surface area (Å²) in [5.41, 5.74) is 1.65. The molecule has 3 rings (SSSR count). The van der Waals surface area contributed by atoms with Gasteiger partial charge in [0.2, 0.25) is 0 Å². The van der Waals surface area contributed by atoms with Crippen molar-refractivity contribution in [2.24, 2.45) is 0 Å². The van der Waals surface area contributed by atoms with Gasteiger partial charge in [0, 0.05) is 0 Å². The van der Waals surface area contributed by atoms with Gasteiger partial charge < -0.3 is 14.2 Å². The number of hydrogen-bond acceptors (Lipinski definition) is 4. The van der Waals surface area contributed by atoms with E-state index in [2.05, 4.69) is 13.8 Å². The molecule has 0 N–H and O–H groups in total. The summed E-state index contributed by atoms with van der Waals surface area (Å²) in [5, 5.41) is 0. The number of carbonyl (C=O) groups is 1. The van der Waals surface area contributed by atoms with E-state index in [9.17, 15) is 4.79 Å². The third-order valence-electron chi connectivity index (χ3n) is 6.01. The molecule has 0 aliphatic carbocycles. The molecule has 0 spiro atoms. The lowest BCUT2D eigenvalue weighted by Gasteiger charge is -2.26. The van der Waals surface area contributed by atoms with Crippen molar-refractivity contribution in [1.82, 2.24) is 0 Å². The Kier molecular flexibility index (Phi) is 9.93. The van der Waals surface area contributed by atoms with Gasteiger partial charge in [-0.1, -0.05) is 52.4 Å². The van der Waals surface area contributed by atoms with Gasteiger partial charge in [-0.2, -0.15) is 0 Å². The van der Waals surface area contributed by atoms with Crippen LogP contribution >= 0.6 is 0 Å². The first-order valence-electron chi connectivity index (χ1n) is 12.4. The van der Waals surface area contributed by atoms with Crippen LogP contribution in [0.15, 0.2) is 42.5 Å². The van der Waals surface area contributed by atoms with E-state index in [-0.39, 0.29) is 5.97 Å². The summed E-state index contributed by atoms with van der Waals surface area (Å²) >= 11 is 0. The molecule has 0 bridgehead atoms. The van der Waals surface area contributed by atoms with Gasteiger partial charge in [-0.15, -0.1) is 0 Å². The Balaban J connectivity index is 1.48. The molecule has 1 aliphatic heterocycles. The van der Waals surface area contributed by atoms with Crippen LogP contribution in [0.2, 0.25) is 0 Å². The van der Waals surface area contributed by atoms with Crippen molar-refractivity contribution in [3.05, 3.63) is 53.6 Å². The molecular formula is C28H38O4. The van der Waals surface area contributed by atoms with E-state index in [1.807, 2.05) is 24.3 Å². The highest BCUT2D eigenvalue weighted by molar-refractivity contribution is 5.91. The fourth-order valence-electron chi connectivity index (χ4n) is 4.06. The van der Waals surface area contributed by atoms with Crippen LogP contribution in [0, 0.1) is 0 Å². The van der Waals surface area contributed by atoms with Crippen molar-refractivity contribution in [3.8, 4) is 17.2 Å². The van der Waals surface area contributed by atoms with E-state index < -0.39 is 0 Å². The number of hydrogen-bond donors (Lipinski definition) is 0. The lowest BCUT2D eigenvalue weighted by atomic mass is 9.97. The minimum absolute atomic E-state index is 0.296. The lowest BCUT2D eigenvalue weighted by molar-refractivity contribution is 0.0734. The Labute approximate surface area is 193 Å². The number of carbonyl (C=O) groups excluding carboxylic acids is 1. The zero-order valence-corrected chi connectivity index (χ0v) is 19.7. The molecule has 0 unspecified atom stereocenters. The van der Waals surface area contributed by atoms with Gasteiger partial charge in [0.05, 0.1) is 18.3 Å². The highest BCUT2D eigenvalue weighted by atomic mass is 16.5. The van der Waals surface area contributed by atoms with Crippen molar-refractivity contribution in [1.29, 1.82) is 0 Å². The Hall–Kier alpha value is -2.49. The van der Waals surface area contributed by atoms with E-state index in [1.54, 1.807) is 18.2 Å². The molecule has 0 fully saturated rings. The van der Waals surface area contributed by atoms with Gasteiger partial charge in [0.15, 0.2) is 0 Å². The predicted octanol–water partition coefficient (Wildman–Crippen LogP) is 7.53. The van der Waals surface area contributed by atoms with E-state index in [0.29, 0.717) is 17.4 Å². The molecule has 4 nitrogen and oxygen atoms in total. The summed E-state index contributed by atoms with van der Waals surface area (Å²) in [6, 6.07) is 12.9. The number of aryl methyl sites for hydroxylation is 1. The number of rotatable bonds is 13. The molecule has 174 valence electrons. The second-order valence-electron chi connectivity index (χ2n) is 8.72. The molecule has 2 aromatic rings. The molecule has 1 heterocycles. The molecule has 2 aromatic carbocycles. The Morgan fingerprint density at radius 3 is 2.38 bits per heavy atom. The van der Waals surface area contributed by atoms with Crippen LogP contribution in [-0.2, 0) is 6.42 Å². The smallest absolute Gasteiger partial charge is 0.343 e. The number of unbranched alkanes of at least 4 members (excludes halogenated alkanes) is 6. The Morgan fingerprint density at radius 1 is 0.906 bits per heavy atom. The highest BCUT2D eigenvalue weighted by Crippen LogP contribution is 2.31. The molecule has 0 saturated heterocycles. The van der Waals surface area contributed by atoms with E-state index >= 15 is 0 Å². The van der Waals surface area contributed by atoms with Crippen LogP contribution in [-0.4, -0.2) is 18.7 Å². The van der Waals surface area contributed by atoms with Crippen LogP contribution in [0.4, 0.5) is 0 Å². The van der Waals surface area contributed by atoms with Crippen LogP contribution in [0.3, 0.4) is 0 Å². The average Bonchev–Trinajstić information content (AvgIpc) is 2.82. The van der Waals surface area contributed by atoms with Gasteiger partial charge in [-0.25, -0.2) is 4.79 Å². The quantitative estimate of drug-likeness (QED) is 0.184. The maximum atomic E-state index is 12.6. The van der Waals surface area contributed by atoms with Gasteiger partial charge >= 0.3 is 5.97 Å². The first-order chi connectivity index (χ1) is 15.7. The van der Waals surface area contributed by atoms with Crippen molar-refractivity contribution in [2.75, 3.05) is 6.61 Å². The van der Waals surface area contributed by atoms with Crippen LogP contribution in [0.5, 0.6) is 17.2 Å². The van der Waals surface area contributed by atoms with Gasteiger partial charge in [0.1, 0.15) is 17.2 Å². The standard InChI is InChI=1S/C28H38O4/c1-3-5-7-9-11-25-14-12-22-21-23(13-19-27(22)31-25)28(29)32-26-17-15-24(16-18-26)30-20-10-8-6-4-2/h13,15-19,21,25H,3-12,14,20H2,1-2H3/t25-/m1/s1. The molecule has 0 saturated carbocycles. The third kappa shape index (κ3) is 7.58. The van der Waals surface area contributed by atoms with Crippen molar-refractivity contribution < 1.29 is 19.0 Å². The van der Waals surface area contributed by atoms with E-state index in [1.165, 1.54) is 44.9 Å². The maximum absolute atomic E-state index is 12.6. The van der Waals surface area contributed by atoms with Crippen LogP contribution in [0.1, 0.15) is 94.0 Å². The molecule has 0 aromatic heterocycles. The fraction of sp³-hybridized carbons (Fsp3) is 0.536. The average molecular weight is 439 g/mol. The summed E-state index contributed by atoms with van der Waals surface area (Å²) in [6.45, 7) is 5.15. The summed E-state index contributed by atoms with van der Waals surface area (Å²) in [6.07, 6.45) is 13.1. The monoisotopic (exact) mass is 438 g/mol. The SMILES string of the molecule is CCCCCCOc1ccc(OC(=O)c2ccc3c(c2)CC[C@@H](CCCCCC)O3)cc1. The second-order valence-corrected chi connectivity index (χ2v) is 8.72. The predicted molar refractivity (Wildman–Crippen MR) is 129 cm³/mol. The highest BCUT2D eigenvalue weighted by Gasteiger charge is 2.21. The number of esters is 1. The van der Waals surface area contributed by atoms with Crippen molar-refractivity contribution >= 4 is 5.97 Å². The molecule has 1 atom stereocenters. The zero-order valence-electron chi connectivity index (χ0n) is 19.7. The summed E-state index contributed by atoms with van der Waals surface area (Å²) in [4.78, 5) is 12.6. The summed E-state index contributed by atoms with van der Waals surface area (Å²) in [5.74, 6) is 1.89. The molecule has 0 amide bonds. The minimum atomic E-state index is -0.345. The first kappa shape index (κ1) is 24.2. The van der Waals surface area contributed by atoms with Crippen molar-refractivity contribution in [3.63, 3.8) is 0 Å². The second kappa shape index (κ2) is 13.1. The minimum Gasteiger partial charge on any atom is -0.494 e. The third-order valence-corrected chi connectivity index (χ3v) is 6.01. The molecule has 32 heavy (non-hydrogen) atoms. The van der Waals surface area contributed by atoms with Crippen LogP contribution < -0.4 is 14.2 Å². The fourth-order valence-corrected chi connectivity index (χ4v) is 4.06. The van der Waals surface area contributed by atoms with E-state index in [4.69, 9.17) is 14.2 Å². The van der Waals surface area contributed by atoms with Crippen LogP contribution in [0.25, 0.3) is 0 Å². The topological polar surface area (TPSA) is 44.8 Å². The van der Waals surface area contributed by atoms with Gasteiger partial charge in [-0.05, 0) is 80.1 Å². The van der Waals surface area contributed by atoms with Crippen molar-refractivity contribution in [2.45, 2.75) is 90.6 Å². The maximum Gasteiger partial charge on any atom is 0.343 e. The Morgan fingerprint density at radius 2 is 1.62 bits per heavy atom. The normalized spacial score (nSPS) is 15.0. The zero-order chi connectivity index (χ0) is 22.6.